The van der Waals surface area contributed by atoms with Gasteiger partial charge in [0.2, 0.25) is 10.0 Å². The number of unbranched alkanes of at least 4 members (excludes halogenated alkanes) is 3. The van der Waals surface area contributed by atoms with E-state index in [4.69, 9.17) is 14.8 Å². The van der Waals surface area contributed by atoms with Gasteiger partial charge < -0.3 is 14.8 Å². The van der Waals surface area contributed by atoms with Crippen LogP contribution in [0.2, 0.25) is 0 Å². The fourth-order valence-electron chi connectivity index (χ4n) is 5.59. The molecule has 1 unspecified atom stereocenters. The summed E-state index contributed by atoms with van der Waals surface area (Å²) in [5, 5.41) is 14.1. The summed E-state index contributed by atoms with van der Waals surface area (Å²) in [5.41, 5.74) is 1.11. The van der Waals surface area contributed by atoms with Gasteiger partial charge in [-0.25, -0.2) is 17.9 Å². The van der Waals surface area contributed by atoms with Crippen molar-refractivity contribution in [3.63, 3.8) is 0 Å². The van der Waals surface area contributed by atoms with Gasteiger partial charge in [-0.15, -0.1) is 5.10 Å². The molecule has 1 aromatic carbocycles. The van der Waals surface area contributed by atoms with Gasteiger partial charge in [0, 0.05) is 38.6 Å². The topological polar surface area (TPSA) is 133 Å². The summed E-state index contributed by atoms with van der Waals surface area (Å²) in [6, 6.07) is 4.75. The molecule has 0 amide bonds. The molecular weight excluding hydrogens is 556 g/mol. The molecule has 0 spiro atoms. The molecule has 42 heavy (non-hydrogen) atoms. The summed E-state index contributed by atoms with van der Waals surface area (Å²) in [5.74, 6) is 1.60. The lowest BCUT2D eigenvalue weighted by Gasteiger charge is -2.33. The van der Waals surface area contributed by atoms with Crippen molar-refractivity contribution in [1.29, 1.82) is 0 Å². The molecule has 0 radical (unpaired) electrons. The summed E-state index contributed by atoms with van der Waals surface area (Å²) in [6.45, 7) is 10.9. The number of fused-ring (bicyclic) bond motifs is 1. The maximum Gasteiger partial charge on any atom is 0.277 e. The SMILES string of the molecule is CCCCCCC(CC)c1nc(C)c2c(=O)[nH]c(-c3cc(S(=O)(=O)N4CCN(CCO)CC4)ccc3OCCC)nn12. The number of rotatable bonds is 15. The molecule has 232 valence electrons. The zero-order chi connectivity index (χ0) is 30.3. The number of aliphatic hydroxyl groups is 1. The van der Waals surface area contributed by atoms with E-state index in [-0.39, 0.29) is 28.8 Å². The number of β-amino-alcohol motifs (C(OH)–C–C–N with tert-alkyl or cyclic N) is 1. The van der Waals surface area contributed by atoms with E-state index < -0.39 is 10.0 Å². The van der Waals surface area contributed by atoms with Crippen LogP contribution in [0.1, 0.15) is 83.2 Å². The first-order valence-electron chi connectivity index (χ1n) is 15.3. The molecule has 11 nitrogen and oxygen atoms in total. The predicted molar refractivity (Wildman–Crippen MR) is 164 cm³/mol. The van der Waals surface area contributed by atoms with Gasteiger partial charge >= 0.3 is 0 Å². The number of piperazine rings is 1. The van der Waals surface area contributed by atoms with Crippen LogP contribution in [-0.4, -0.2) is 88.2 Å². The van der Waals surface area contributed by atoms with Crippen molar-refractivity contribution in [2.24, 2.45) is 0 Å². The number of nitrogens with one attached hydrogen (secondary N) is 1. The Morgan fingerprint density at radius 3 is 2.50 bits per heavy atom. The lowest BCUT2D eigenvalue weighted by Crippen LogP contribution is -2.49. The third kappa shape index (κ3) is 7.04. The standard InChI is InChI=1S/C30H46N6O5S/c1-5-8-9-10-11-23(7-3)29-31-22(4)27-30(38)32-28(33-36(27)29)25-21-24(12-13-26(25)41-20-6-2)42(39,40)35-16-14-34(15-17-35)18-19-37/h12-13,21,23,37H,5-11,14-20H2,1-4H3,(H,32,33,38). The number of imidazole rings is 1. The van der Waals surface area contributed by atoms with E-state index in [0.717, 1.165) is 37.9 Å². The van der Waals surface area contributed by atoms with Gasteiger partial charge in [0.25, 0.3) is 5.56 Å². The third-order valence-electron chi connectivity index (χ3n) is 8.02. The zero-order valence-corrected chi connectivity index (χ0v) is 26.2. The number of aliphatic hydroxyl groups excluding tert-OH is 1. The first-order valence-corrected chi connectivity index (χ1v) is 16.8. The molecule has 0 aliphatic carbocycles. The van der Waals surface area contributed by atoms with E-state index in [0.29, 0.717) is 61.9 Å². The van der Waals surface area contributed by atoms with Gasteiger partial charge in [-0.05, 0) is 44.4 Å². The summed E-state index contributed by atoms with van der Waals surface area (Å²) in [6.07, 6.45) is 7.20. The normalized spacial score (nSPS) is 15.8. The summed E-state index contributed by atoms with van der Waals surface area (Å²) in [4.78, 5) is 23.2. The Morgan fingerprint density at radius 1 is 1.07 bits per heavy atom. The number of H-pyrrole nitrogens is 1. The van der Waals surface area contributed by atoms with Gasteiger partial charge in [0.15, 0.2) is 11.3 Å². The van der Waals surface area contributed by atoms with Gasteiger partial charge in [-0.3, -0.25) is 9.69 Å². The third-order valence-corrected chi connectivity index (χ3v) is 9.91. The van der Waals surface area contributed by atoms with Crippen LogP contribution in [0, 0.1) is 6.92 Å². The van der Waals surface area contributed by atoms with Crippen LogP contribution in [-0.2, 0) is 10.0 Å². The molecule has 1 atom stereocenters. The Hall–Kier alpha value is -2.80. The van der Waals surface area contributed by atoms with E-state index in [1.54, 1.807) is 22.7 Å². The molecule has 1 aliphatic rings. The van der Waals surface area contributed by atoms with Crippen LogP contribution in [0.15, 0.2) is 27.9 Å². The van der Waals surface area contributed by atoms with E-state index in [1.165, 1.54) is 17.1 Å². The van der Waals surface area contributed by atoms with Crippen LogP contribution >= 0.6 is 0 Å². The molecule has 3 aromatic rings. The van der Waals surface area contributed by atoms with Crippen LogP contribution < -0.4 is 10.3 Å². The fourth-order valence-corrected chi connectivity index (χ4v) is 7.04. The molecule has 1 fully saturated rings. The average Bonchev–Trinajstić information content (AvgIpc) is 3.32. The second-order valence-corrected chi connectivity index (χ2v) is 13.0. The molecule has 2 N–H and O–H groups in total. The highest BCUT2D eigenvalue weighted by atomic mass is 32.2. The lowest BCUT2D eigenvalue weighted by atomic mass is 9.97. The van der Waals surface area contributed by atoms with Crippen molar-refractivity contribution in [1.82, 2.24) is 28.8 Å². The predicted octanol–water partition coefficient (Wildman–Crippen LogP) is 3.94. The van der Waals surface area contributed by atoms with Gasteiger partial charge in [-0.2, -0.15) is 4.31 Å². The summed E-state index contributed by atoms with van der Waals surface area (Å²) >= 11 is 0. The Bertz CT molecular complexity index is 1490. The van der Waals surface area contributed by atoms with Crippen molar-refractivity contribution < 1.29 is 18.3 Å². The van der Waals surface area contributed by atoms with Crippen LogP contribution in [0.5, 0.6) is 5.75 Å². The molecular formula is C30H46N6O5S. The van der Waals surface area contributed by atoms with E-state index in [1.807, 2.05) is 18.7 Å². The highest BCUT2D eigenvalue weighted by Gasteiger charge is 2.30. The molecule has 0 bridgehead atoms. The summed E-state index contributed by atoms with van der Waals surface area (Å²) in [7, 11) is -3.81. The van der Waals surface area contributed by atoms with Crippen molar-refractivity contribution >= 4 is 15.5 Å². The smallest absolute Gasteiger partial charge is 0.277 e. The number of hydrogen-bond donors (Lipinski definition) is 2. The monoisotopic (exact) mass is 602 g/mol. The van der Waals surface area contributed by atoms with Gasteiger partial charge in [0.05, 0.1) is 29.4 Å². The Morgan fingerprint density at radius 2 is 1.83 bits per heavy atom. The minimum absolute atomic E-state index is 0.0426. The average molecular weight is 603 g/mol. The molecule has 2 aromatic heterocycles. The Balaban J connectivity index is 1.76. The van der Waals surface area contributed by atoms with Crippen LogP contribution in [0.3, 0.4) is 0 Å². The molecule has 3 heterocycles. The number of hydrogen-bond acceptors (Lipinski definition) is 8. The maximum atomic E-state index is 13.7. The van der Waals surface area contributed by atoms with Gasteiger partial charge in [0.1, 0.15) is 11.6 Å². The quantitative estimate of drug-likeness (QED) is 0.250. The summed E-state index contributed by atoms with van der Waals surface area (Å²) < 4.78 is 36.5. The minimum Gasteiger partial charge on any atom is -0.493 e. The van der Waals surface area contributed by atoms with E-state index in [9.17, 15) is 18.3 Å². The molecule has 0 saturated carbocycles. The number of sulfonamides is 1. The van der Waals surface area contributed by atoms with Crippen LogP contribution in [0.25, 0.3) is 16.9 Å². The fraction of sp³-hybridized carbons (Fsp3) is 0.633. The van der Waals surface area contributed by atoms with Crippen molar-refractivity contribution in [2.75, 3.05) is 45.9 Å². The Kier molecular flexibility index (Phi) is 11.2. The second-order valence-electron chi connectivity index (χ2n) is 11.0. The highest BCUT2D eigenvalue weighted by molar-refractivity contribution is 7.89. The number of aryl methyl sites for hydroxylation is 1. The molecule has 1 saturated heterocycles. The van der Waals surface area contributed by atoms with Crippen molar-refractivity contribution in [3.05, 3.63) is 40.1 Å². The molecule has 1 aliphatic heterocycles. The number of ether oxygens (including phenoxy) is 1. The van der Waals surface area contributed by atoms with Crippen molar-refractivity contribution in [2.45, 2.75) is 83.5 Å². The largest absolute Gasteiger partial charge is 0.493 e. The number of aromatic nitrogens is 4. The first kappa shape index (κ1) is 32.1. The second kappa shape index (κ2) is 14.6. The number of benzene rings is 1. The zero-order valence-electron chi connectivity index (χ0n) is 25.4. The highest BCUT2D eigenvalue weighted by Crippen LogP contribution is 2.33. The number of nitrogens with zero attached hydrogens (tertiary/aromatic N) is 5. The minimum atomic E-state index is -3.81. The van der Waals surface area contributed by atoms with E-state index in [2.05, 4.69) is 18.8 Å². The molecule has 12 heteroatoms. The lowest BCUT2D eigenvalue weighted by molar-refractivity contribution is 0.151. The Labute approximate surface area is 249 Å². The maximum absolute atomic E-state index is 13.7. The van der Waals surface area contributed by atoms with E-state index >= 15 is 0 Å². The first-order chi connectivity index (χ1) is 20.2. The van der Waals surface area contributed by atoms with Crippen LogP contribution in [0.4, 0.5) is 0 Å². The number of aromatic amines is 1. The van der Waals surface area contributed by atoms with Crippen molar-refractivity contribution in [3.8, 4) is 17.1 Å². The van der Waals surface area contributed by atoms with Gasteiger partial charge in [-0.1, -0.05) is 46.5 Å². The molecule has 4 rings (SSSR count).